The summed E-state index contributed by atoms with van der Waals surface area (Å²) in [5.41, 5.74) is 2.75. The molecule has 318 valence electrons. The third-order valence-electron chi connectivity index (χ3n) is 12.2. The topological polar surface area (TPSA) is 110 Å². The number of nitrogens with zero attached hydrogens (tertiary/aromatic N) is 2. The molecular formula is C50H60N2O7S. The van der Waals surface area contributed by atoms with Gasteiger partial charge in [-0.1, -0.05) is 60.5 Å². The van der Waals surface area contributed by atoms with Gasteiger partial charge in [-0.25, -0.2) is 0 Å². The van der Waals surface area contributed by atoms with Crippen LogP contribution in [-0.4, -0.2) is 77.3 Å². The van der Waals surface area contributed by atoms with Gasteiger partial charge in [0.05, 0.1) is 18.2 Å². The molecule has 0 saturated heterocycles. The lowest BCUT2D eigenvalue weighted by molar-refractivity contribution is -0.252. The summed E-state index contributed by atoms with van der Waals surface area (Å²) in [4.78, 5) is 24.0. The fourth-order valence-electron chi connectivity index (χ4n) is 9.43. The van der Waals surface area contributed by atoms with Crippen LogP contribution in [0.3, 0.4) is 0 Å². The molecule has 1 aliphatic heterocycles. The number of oxime groups is 1. The number of hydrogen-bond donors (Lipinski definition) is 2. The molecule has 0 spiro atoms. The maximum atomic E-state index is 14.8. The van der Waals surface area contributed by atoms with Gasteiger partial charge in [-0.05, 0) is 135 Å². The summed E-state index contributed by atoms with van der Waals surface area (Å²) < 4.78 is 21.0. The molecule has 1 amide bonds. The first kappa shape index (κ1) is 43.5. The van der Waals surface area contributed by atoms with Crippen molar-refractivity contribution in [2.75, 3.05) is 33.1 Å². The summed E-state index contributed by atoms with van der Waals surface area (Å²) in [6, 6.07) is 27.3. The van der Waals surface area contributed by atoms with Crippen molar-refractivity contribution in [1.29, 1.82) is 0 Å². The second kappa shape index (κ2) is 19.0. The number of benzene rings is 4. The Bertz CT molecular complexity index is 2200. The van der Waals surface area contributed by atoms with Crippen LogP contribution >= 0.6 is 11.8 Å². The summed E-state index contributed by atoms with van der Waals surface area (Å²) in [6.45, 7) is 10.4. The summed E-state index contributed by atoms with van der Waals surface area (Å²) in [5.74, 6) is 0.238. The van der Waals surface area contributed by atoms with Gasteiger partial charge in [-0.15, -0.1) is 18.3 Å². The predicted molar refractivity (Wildman–Crippen MR) is 240 cm³/mol. The molecule has 9 nitrogen and oxygen atoms in total. The van der Waals surface area contributed by atoms with Crippen LogP contribution in [0, 0.1) is 17.8 Å². The van der Waals surface area contributed by atoms with E-state index in [2.05, 4.69) is 37.1 Å². The number of allylic oxidation sites excluding steroid dienone is 1. The summed E-state index contributed by atoms with van der Waals surface area (Å²) >= 11 is 1.68. The van der Waals surface area contributed by atoms with Crippen LogP contribution in [0.1, 0.15) is 87.6 Å². The minimum atomic E-state index is -1.35. The zero-order valence-electron chi connectivity index (χ0n) is 35.6. The Morgan fingerprint density at radius 1 is 0.950 bits per heavy atom. The molecule has 7 rings (SSSR count). The second-order valence-electron chi connectivity index (χ2n) is 17.2. The molecule has 1 fully saturated rings. The number of carbonyl (C=O) groups excluding carboxylic acids is 1. The molecule has 0 radical (unpaired) electrons. The van der Waals surface area contributed by atoms with E-state index in [9.17, 15) is 15.0 Å². The first-order chi connectivity index (χ1) is 29.0. The van der Waals surface area contributed by atoms with E-state index in [1.54, 1.807) is 22.7 Å². The first-order valence-electron chi connectivity index (χ1n) is 21.3. The fraction of sp³-hybridized carbons (Fsp3) is 0.440. The van der Waals surface area contributed by atoms with E-state index in [0.29, 0.717) is 36.3 Å². The Kier molecular flexibility index (Phi) is 13.8. The number of carbonyl (C=O) groups is 1. The van der Waals surface area contributed by atoms with Crippen LogP contribution in [0.25, 0.3) is 10.8 Å². The standard InChI is InChI=1S/C50H60N2O7S/c1-7-28-56-50-45(52(5)48(55)36-19-18-33-14-8-9-15-34(33)29-36)32-43(51-59-49(2,3)4)41-30-35(16-10-12-26-53)40(17-11-13-27-54)46(47(41)50)42-31-38(22-25-44(42)58-50)57-37-20-23-39(60-6)24-21-37/h7-9,14-15,18-25,29-31,35,40,45-47,53-54H,1,10-13,16-17,26-28,32H2,2-6H3. The molecule has 60 heavy (non-hydrogen) atoms. The largest absolute Gasteiger partial charge is 0.459 e. The highest BCUT2D eigenvalue weighted by Crippen LogP contribution is 2.62. The molecule has 0 bridgehead atoms. The van der Waals surface area contributed by atoms with E-state index < -0.39 is 23.3 Å². The Labute approximate surface area is 359 Å². The lowest BCUT2D eigenvalue weighted by atomic mass is 9.55. The number of fused-ring (bicyclic) bond motifs is 3. The highest BCUT2D eigenvalue weighted by atomic mass is 32.2. The van der Waals surface area contributed by atoms with Crippen molar-refractivity contribution in [3.05, 3.63) is 120 Å². The van der Waals surface area contributed by atoms with Gasteiger partial charge in [0.25, 0.3) is 5.91 Å². The van der Waals surface area contributed by atoms with Crippen molar-refractivity contribution in [1.82, 2.24) is 4.90 Å². The van der Waals surface area contributed by atoms with Gasteiger partial charge in [0, 0.05) is 48.6 Å². The van der Waals surface area contributed by atoms with Gasteiger partial charge in [0.1, 0.15) is 28.9 Å². The highest BCUT2D eigenvalue weighted by Gasteiger charge is 2.65. The van der Waals surface area contributed by atoms with Gasteiger partial charge in [0.2, 0.25) is 5.79 Å². The molecule has 0 aromatic heterocycles. The first-order valence-corrected chi connectivity index (χ1v) is 22.6. The van der Waals surface area contributed by atoms with E-state index in [1.807, 2.05) is 94.5 Å². The number of aliphatic hydroxyl groups excluding tert-OH is 2. The Hall–Kier alpha value is -4.61. The SMILES string of the molecule is C=CCOC12Oc3ccc(Oc4ccc(SC)cc4)cc3C3C(CCCCO)C(CCCCO)C=C(C(=NOC(C)(C)C)CC1N(C)C(=O)c1ccc4ccccc4c1)C32. The average molecular weight is 833 g/mol. The van der Waals surface area contributed by atoms with E-state index in [0.717, 1.165) is 63.9 Å². The molecule has 10 heteroatoms. The Morgan fingerprint density at radius 3 is 2.37 bits per heavy atom. The number of thioether (sulfide) groups is 1. The van der Waals surface area contributed by atoms with Crippen LogP contribution in [0.4, 0.5) is 0 Å². The second-order valence-corrected chi connectivity index (χ2v) is 18.1. The Balaban J connectivity index is 1.43. The zero-order chi connectivity index (χ0) is 42.4. The van der Waals surface area contributed by atoms with Crippen LogP contribution in [0.15, 0.2) is 119 Å². The summed E-state index contributed by atoms with van der Waals surface area (Å²) in [5, 5.41) is 26.8. The lowest BCUT2D eigenvalue weighted by Crippen LogP contribution is -2.69. The van der Waals surface area contributed by atoms with Gasteiger partial charge in [-0.2, -0.15) is 0 Å². The van der Waals surface area contributed by atoms with Crippen molar-refractivity contribution in [3.8, 4) is 17.2 Å². The minimum absolute atomic E-state index is 0.0968. The van der Waals surface area contributed by atoms with Gasteiger partial charge >= 0.3 is 0 Å². The molecule has 3 aliphatic rings. The van der Waals surface area contributed by atoms with Crippen molar-refractivity contribution in [3.63, 3.8) is 0 Å². The van der Waals surface area contributed by atoms with E-state index in [1.165, 1.54) is 0 Å². The smallest absolute Gasteiger partial charge is 0.254 e. The number of amides is 1. The zero-order valence-corrected chi connectivity index (χ0v) is 36.5. The van der Waals surface area contributed by atoms with Crippen molar-refractivity contribution in [2.45, 2.75) is 94.0 Å². The molecule has 6 unspecified atom stereocenters. The van der Waals surface area contributed by atoms with Gasteiger partial charge in [-0.3, -0.25) is 4.79 Å². The van der Waals surface area contributed by atoms with Crippen LogP contribution < -0.4 is 9.47 Å². The molecule has 2 aliphatic carbocycles. The number of hydrogen-bond acceptors (Lipinski definition) is 9. The number of likely N-dealkylation sites (N-methyl/N-ethyl adjacent to an activating group) is 1. The van der Waals surface area contributed by atoms with Gasteiger partial charge < -0.3 is 34.2 Å². The molecular weight excluding hydrogens is 773 g/mol. The number of aliphatic hydroxyl groups is 2. The van der Waals surface area contributed by atoms with Crippen LogP contribution in [0.5, 0.6) is 17.2 Å². The monoisotopic (exact) mass is 832 g/mol. The molecule has 4 aromatic rings. The lowest BCUT2D eigenvalue weighted by Gasteiger charge is -2.59. The summed E-state index contributed by atoms with van der Waals surface area (Å²) in [7, 11) is 1.84. The van der Waals surface area contributed by atoms with E-state index in [-0.39, 0.29) is 43.5 Å². The molecule has 1 heterocycles. The van der Waals surface area contributed by atoms with Crippen LogP contribution in [-0.2, 0) is 9.57 Å². The third kappa shape index (κ3) is 9.17. The predicted octanol–water partition coefficient (Wildman–Crippen LogP) is 10.6. The summed E-state index contributed by atoms with van der Waals surface area (Å²) in [6.07, 6.45) is 11.2. The Morgan fingerprint density at radius 2 is 1.67 bits per heavy atom. The van der Waals surface area contributed by atoms with Gasteiger partial charge in [0.15, 0.2) is 0 Å². The number of rotatable bonds is 17. The fourth-order valence-corrected chi connectivity index (χ4v) is 9.84. The molecule has 4 aromatic carbocycles. The van der Waals surface area contributed by atoms with Crippen molar-refractivity contribution >= 4 is 34.2 Å². The minimum Gasteiger partial charge on any atom is -0.459 e. The maximum Gasteiger partial charge on any atom is 0.254 e. The normalized spacial score (nSPS) is 23.9. The van der Waals surface area contributed by atoms with Crippen molar-refractivity contribution < 1.29 is 34.1 Å². The average Bonchev–Trinajstić information content (AvgIpc) is 3.25. The van der Waals surface area contributed by atoms with Crippen LogP contribution in [0.2, 0.25) is 0 Å². The molecule has 6 atom stereocenters. The highest BCUT2D eigenvalue weighted by molar-refractivity contribution is 7.98. The number of unbranched alkanes of at least 4 members (excludes halogenated alkanes) is 2. The third-order valence-corrected chi connectivity index (χ3v) is 12.9. The quantitative estimate of drug-likeness (QED) is 0.0468. The van der Waals surface area contributed by atoms with E-state index >= 15 is 0 Å². The number of ether oxygens (including phenoxy) is 3. The molecule has 2 N–H and O–H groups in total. The maximum absolute atomic E-state index is 14.8. The van der Waals surface area contributed by atoms with Crippen molar-refractivity contribution in [2.24, 2.45) is 22.9 Å². The molecule has 1 saturated carbocycles. The van der Waals surface area contributed by atoms with E-state index in [4.69, 9.17) is 24.2 Å².